The normalized spacial score (nSPS) is 15.0. The molecule has 0 unspecified atom stereocenters. The molecule has 4 aromatic rings. The highest BCUT2D eigenvalue weighted by atomic mass is 16.1. The van der Waals surface area contributed by atoms with Crippen LogP contribution in [-0.2, 0) is 5.41 Å². The van der Waals surface area contributed by atoms with E-state index < -0.39 is 5.41 Å². The summed E-state index contributed by atoms with van der Waals surface area (Å²) in [6.07, 6.45) is 0. The minimum atomic E-state index is -0.766. The predicted octanol–water partition coefficient (Wildman–Crippen LogP) is 5.86. The molecule has 0 aliphatic heterocycles. The van der Waals surface area contributed by atoms with E-state index in [1.165, 1.54) is 0 Å². The highest BCUT2D eigenvalue weighted by Crippen LogP contribution is 2.58. The van der Waals surface area contributed by atoms with Gasteiger partial charge in [-0.25, -0.2) is 0 Å². The Morgan fingerprint density at radius 3 is 1.22 bits per heavy atom. The van der Waals surface area contributed by atoms with Gasteiger partial charge in [0, 0.05) is 5.56 Å². The quantitative estimate of drug-likeness (QED) is 0.390. The summed E-state index contributed by atoms with van der Waals surface area (Å²) in [5, 5.41) is 0. The van der Waals surface area contributed by atoms with Crippen LogP contribution >= 0.6 is 0 Å². The Morgan fingerprint density at radius 1 is 0.407 bits per heavy atom. The Balaban J connectivity index is 1.85. The van der Waals surface area contributed by atoms with Crippen molar-refractivity contribution in [3.63, 3.8) is 0 Å². The second-order valence-corrected chi connectivity index (χ2v) is 7.26. The summed E-state index contributed by atoms with van der Waals surface area (Å²) in [4.78, 5) is 14.1. The van der Waals surface area contributed by atoms with Crippen LogP contribution in [0.5, 0.6) is 0 Å². The monoisotopic (exact) mass is 344 g/mol. The molecule has 1 spiro atoms. The molecule has 27 heavy (non-hydrogen) atoms. The smallest absolute Gasteiger partial charge is 0.182 e. The number of ketones is 1. The molecule has 0 amide bonds. The van der Waals surface area contributed by atoms with Gasteiger partial charge in [0.1, 0.15) is 5.41 Å². The van der Waals surface area contributed by atoms with E-state index in [1.54, 1.807) is 0 Å². The maximum atomic E-state index is 14.1. The van der Waals surface area contributed by atoms with Crippen LogP contribution < -0.4 is 0 Å². The average molecular weight is 344 g/mol. The lowest BCUT2D eigenvalue weighted by Gasteiger charge is -2.37. The molecule has 0 saturated carbocycles. The number of hydrogen-bond donors (Lipinski definition) is 0. The molecule has 0 bridgehead atoms. The van der Waals surface area contributed by atoms with Crippen molar-refractivity contribution in [3.05, 3.63) is 119 Å². The molecule has 126 valence electrons. The van der Waals surface area contributed by atoms with Crippen LogP contribution in [0.25, 0.3) is 22.3 Å². The fourth-order valence-corrected chi connectivity index (χ4v) is 5.06. The third kappa shape index (κ3) is 1.63. The van der Waals surface area contributed by atoms with E-state index in [0.717, 1.165) is 44.5 Å². The van der Waals surface area contributed by atoms with Gasteiger partial charge in [0.25, 0.3) is 0 Å². The van der Waals surface area contributed by atoms with E-state index in [4.69, 9.17) is 0 Å². The molecule has 0 saturated heterocycles. The number of Topliss-reactive ketones (excluding diaryl/α,β-unsaturated/α-hetero) is 1. The molecule has 0 radical (unpaired) electrons. The maximum Gasteiger partial charge on any atom is 0.182 e. The van der Waals surface area contributed by atoms with Gasteiger partial charge < -0.3 is 0 Å². The Kier molecular flexibility index (Phi) is 2.75. The summed E-state index contributed by atoms with van der Waals surface area (Å²) < 4.78 is 0. The first-order chi connectivity index (χ1) is 13.3. The van der Waals surface area contributed by atoms with Crippen molar-refractivity contribution in [3.8, 4) is 22.3 Å². The van der Waals surface area contributed by atoms with Crippen molar-refractivity contribution in [2.24, 2.45) is 0 Å². The van der Waals surface area contributed by atoms with Gasteiger partial charge in [-0.1, -0.05) is 97.1 Å². The number of carbonyl (C=O) groups excluding carboxylic acids is 1. The Bertz CT molecular complexity index is 1200. The van der Waals surface area contributed by atoms with Gasteiger partial charge in [0.2, 0.25) is 0 Å². The van der Waals surface area contributed by atoms with Crippen LogP contribution in [0, 0.1) is 0 Å². The van der Waals surface area contributed by atoms with Gasteiger partial charge in [-0.05, 0) is 38.9 Å². The van der Waals surface area contributed by atoms with Gasteiger partial charge >= 0.3 is 0 Å². The first-order valence-electron chi connectivity index (χ1n) is 9.26. The molecule has 4 aromatic carbocycles. The molecule has 2 aliphatic rings. The van der Waals surface area contributed by atoms with E-state index in [1.807, 2.05) is 36.4 Å². The topological polar surface area (TPSA) is 17.1 Å². The van der Waals surface area contributed by atoms with Crippen molar-refractivity contribution in [2.45, 2.75) is 5.41 Å². The van der Waals surface area contributed by atoms with Crippen LogP contribution in [0.4, 0.5) is 0 Å². The first-order valence-corrected chi connectivity index (χ1v) is 9.26. The lowest BCUT2D eigenvalue weighted by Crippen LogP contribution is -2.40. The molecule has 0 aromatic heterocycles. The highest BCUT2D eigenvalue weighted by Gasteiger charge is 2.53. The van der Waals surface area contributed by atoms with Gasteiger partial charge in [0.15, 0.2) is 5.78 Å². The number of benzene rings is 4. The van der Waals surface area contributed by atoms with Crippen molar-refractivity contribution in [2.75, 3.05) is 0 Å². The van der Waals surface area contributed by atoms with Crippen molar-refractivity contribution in [1.29, 1.82) is 0 Å². The second kappa shape index (κ2) is 5.05. The van der Waals surface area contributed by atoms with Gasteiger partial charge in [-0.15, -0.1) is 0 Å². The average Bonchev–Trinajstić information content (AvgIpc) is 3.04. The van der Waals surface area contributed by atoms with Crippen molar-refractivity contribution in [1.82, 2.24) is 0 Å². The van der Waals surface area contributed by atoms with E-state index >= 15 is 0 Å². The van der Waals surface area contributed by atoms with Crippen LogP contribution in [0.3, 0.4) is 0 Å². The van der Waals surface area contributed by atoms with Gasteiger partial charge in [0.05, 0.1) is 0 Å². The number of carbonyl (C=O) groups is 1. The largest absolute Gasteiger partial charge is 0.292 e. The van der Waals surface area contributed by atoms with E-state index in [2.05, 4.69) is 60.7 Å². The molecular weight excluding hydrogens is 328 g/mol. The summed E-state index contributed by atoms with van der Waals surface area (Å²) in [7, 11) is 0. The second-order valence-electron chi connectivity index (χ2n) is 7.26. The SMILES string of the molecule is O=C1c2ccccc2-c2ccccc2C12c1ccccc1-c1ccccc12. The molecular formula is C26H16O. The maximum absolute atomic E-state index is 14.1. The van der Waals surface area contributed by atoms with Gasteiger partial charge in [-0.2, -0.15) is 0 Å². The highest BCUT2D eigenvalue weighted by molar-refractivity contribution is 6.19. The Morgan fingerprint density at radius 2 is 0.741 bits per heavy atom. The minimum absolute atomic E-state index is 0.175. The molecule has 1 heteroatoms. The van der Waals surface area contributed by atoms with Crippen LogP contribution in [0.15, 0.2) is 97.1 Å². The van der Waals surface area contributed by atoms with E-state index in [0.29, 0.717) is 0 Å². The first kappa shape index (κ1) is 14.7. The lowest BCUT2D eigenvalue weighted by molar-refractivity contribution is 0.0935. The number of hydrogen-bond acceptors (Lipinski definition) is 1. The van der Waals surface area contributed by atoms with Gasteiger partial charge in [-0.3, -0.25) is 4.79 Å². The molecule has 0 atom stereocenters. The minimum Gasteiger partial charge on any atom is -0.292 e. The Hall–Kier alpha value is -3.45. The lowest BCUT2D eigenvalue weighted by atomic mass is 9.62. The van der Waals surface area contributed by atoms with Crippen molar-refractivity contribution >= 4 is 5.78 Å². The summed E-state index contributed by atoms with van der Waals surface area (Å²) in [5.74, 6) is 0.175. The van der Waals surface area contributed by atoms with E-state index in [9.17, 15) is 4.79 Å². The summed E-state index contributed by atoms with van der Waals surface area (Å²) in [6, 6.07) is 33.1. The zero-order valence-corrected chi connectivity index (χ0v) is 14.6. The van der Waals surface area contributed by atoms with Crippen LogP contribution in [-0.4, -0.2) is 5.78 Å². The molecule has 0 fully saturated rings. The Labute approximate surface area is 157 Å². The third-order valence-electron chi connectivity index (χ3n) is 6.09. The summed E-state index contributed by atoms with van der Waals surface area (Å²) >= 11 is 0. The summed E-state index contributed by atoms with van der Waals surface area (Å²) in [6.45, 7) is 0. The molecule has 0 heterocycles. The fraction of sp³-hybridized carbons (Fsp3) is 0.0385. The zero-order valence-electron chi connectivity index (χ0n) is 14.6. The number of rotatable bonds is 0. The van der Waals surface area contributed by atoms with Crippen molar-refractivity contribution < 1.29 is 4.79 Å². The number of fused-ring (bicyclic) bond motifs is 9. The zero-order chi connectivity index (χ0) is 18.0. The van der Waals surface area contributed by atoms with Crippen LogP contribution in [0.1, 0.15) is 27.0 Å². The predicted molar refractivity (Wildman–Crippen MR) is 108 cm³/mol. The molecule has 2 aliphatic carbocycles. The summed E-state index contributed by atoms with van der Waals surface area (Å²) in [5.41, 5.74) is 7.83. The van der Waals surface area contributed by atoms with Crippen LogP contribution in [0.2, 0.25) is 0 Å². The standard InChI is InChI=1S/C26H16O/c27-25-21-13-2-1-9-17(21)18-10-3-6-14-22(18)26(25)23-15-7-4-11-19(23)20-12-5-8-16-24(20)26/h1-16H. The fourth-order valence-electron chi connectivity index (χ4n) is 5.06. The third-order valence-corrected chi connectivity index (χ3v) is 6.09. The molecule has 6 rings (SSSR count). The molecule has 1 nitrogen and oxygen atoms in total. The molecule has 0 N–H and O–H groups in total. The van der Waals surface area contributed by atoms with E-state index in [-0.39, 0.29) is 5.78 Å².